The van der Waals surface area contributed by atoms with Crippen molar-refractivity contribution in [2.75, 3.05) is 31.0 Å². The van der Waals surface area contributed by atoms with Crippen LogP contribution in [-0.2, 0) is 9.84 Å². The summed E-state index contributed by atoms with van der Waals surface area (Å²) in [4.78, 5) is 18.5. The molecule has 2 aromatic carbocycles. The van der Waals surface area contributed by atoms with Gasteiger partial charge in [-0.1, -0.05) is 12.1 Å². The van der Waals surface area contributed by atoms with Gasteiger partial charge in [-0.2, -0.15) is 5.10 Å². The zero-order valence-electron chi connectivity index (χ0n) is 21.1. The van der Waals surface area contributed by atoms with Crippen molar-refractivity contribution >= 4 is 32.5 Å². The zero-order chi connectivity index (χ0) is 26.3. The second-order valence-corrected chi connectivity index (χ2v) is 11.5. The van der Waals surface area contributed by atoms with Crippen molar-refractivity contribution in [3.63, 3.8) is 0 Å². The lowest BCUT2D eigenvalue weighted by Gasteiger charge is -2.14. The molecule has 1 N–H and O–H groups in total. The second-order valence-electron chi connectivity index (χ2n) is 9.23. The molecule has 1 aliphatic rings. The largest absolute Gasteiger partial charge is 0.493 e. The van der Waals surface area contributed by atoms with E-state index in [1.54, 1.807) is 37.1 Å². The number of aromatic nitrogens is 3. The Labute approximate surface area is 215 Å². The number of benzene rings is 2. The molecule has 1 amide bonds. The summed E-state index contributed by atoms with van der Waals surface area (Å²) < 4.78 is 37.0. The van der Waals surface area contributed by atoms with Crippen LogP contribution in [0.3, 0.4) is 0 Å². The summed E-state index contributed by atoms with van der Waals surface area (Å²) >= 11 is 0. The first-order valence-electron chi connectivity index (χ1n) is 11.9. The molecule has 0 spiro atoms. The van der Waals surface area contributed by atoms with Gasteiger partial charge in [-0.3, -0.25) is 4.79 Å². The average Bonchev–Trinajstić information content (AvgIpc) is 3.41. The molecule has 1 unspecified atom stereocenters. The van der Waals surface area contributed by atoms with Crippen molar-refractivity contribution in [2.24, 2.45) is 0 Å². The van der Waals surface area contributed by atoms with Crippen molar-refractivity contribution in [3.8, 4) is 22.8 Å². The van der Waals surface area contributed by atoms with E-state index in [-0.39, 0.29) is 23.5 Å². The number of hydrogen-bond donors (Lipinski definition) is 1. The van der Waals surface area contributed by atoms with Gasteiger partial charge in [0.25, 0.3) is 5.91 Å². The molecule has 37 heavy (non-hydrogen) atoms. The minimum atomic E-state index is -3.15. The van der Waals surface area contributed by atoms with Crippen LogP contribution in [0.4, 0.5) is 5.69 Å². The third-order valence-electron chi connectivity index (χ3n) is 6.59. The Bertz CT molecular complexity index is 1630. The number of amides is 1. The van der Waals surface area contributed by atoms with Crippen LogP contribution in [0.25, 0.3) is 22.3 Å². The van der Waals surface area contributed by atoms with E-state index in [1.165, 1.54) is 0 Å². The van der Waals surface area contributed by atoms with Gasteiger partial charge in [0.2, 0.25) is 0 Å². The summed E-state index contributed by atoms with van der Waals surface area (Å²) in [5, 5.41) is 8.24. The predicted molar refractivity (Wildman–Crippen MR) is 142 cm³/mol. The number of nitrogens with zero attached hydrogens (tertiary/aromatic N) is 3. The second kappa shape index (κ2) is 9.51. The van der Waals surface area contributed by atoms with E-state index in [9.17, 15) is 13.2 Å². The van der Waals surface area contributed by atoms with E-state index in [4.69, 9.17) is 14.5 Å². The third kappa shape index (κ3) is 4.76. The van der Waals surface area contributed by atoms with Crippen LogP contribution in [0.15, 0.2) is 48.5 Å². The summed E-state index contributed by atoms with van der Waals surface area (Å²) in [6, 6.07) is 14.4. The number of carbonyl (C=O) groups excluding carboxylic acids is 1. The summed E-state index contributed by atoms with van der Waals surface area (Å²) in [5.41, 5.74) is 4.44. The first kappa shape index (κ1) is 24.8. The standard InChI is InChI=1S/C27H28N4O5S/c1-16-6-5-7-19(12-16)28-27(32)21-14-22(18-8-9-23(35-3)24(13-18)36-4)29-26-25(21)17(2)30-31(26)20-10-11-37(33,34)15-20/h5-9,12-14,20H,10-11,15H2,1-4H3,(H,28,32). The Morgan fingerprint density at radius 2 is 1.84 bits per heavy atom. The van der Waals surface area contributed by atoms with Crippen LogP contribution < -0.4 is 14.8 Å². The number of aryl methyl sites for hydroxylation is 2. The smallest absolute Gasteiger partial charge is 0.256 e. The summed E-state index contributed by atoms with van der Waals surface area (Å²) in [6.07, 6.45) is 0.450. The predicted octanol–water partition coefficient (Wildman–Crippen LogP) is 4.34. The highest BCUT2D eigenvalue weighted by atomic mass is 32.2. The Morgan fingerprint density at radius 1 is 1.05 bits per heavy atom. The topological polar surface area (TPSA) is 112 Å². The van der Waals surface area contributed by atoms with Crippen molar-refractivity contribution in [1.29, 1.82) is 0 Å². The highest BCUT2D eigenvalue weighted by molar-refractivity contribution is 7.91. The molecule has 1 saturated heterocycles. The molecular formula is C27H28N4O5S. The molecule has 0 bridgehead atoms. The number of fused-ring (bicyclic) bond motifs is 1. The molecule has 1 fully saturated rings. The van der Waals surface area contributed by atoms with Gasteiger partial charge in [0.15, 0.2) is 27.0 Å². The number of anilines is 1. The number of nitrogens with one attached hydrogen (secondary N) is 1. The monoisotopic (exact) mass is 520 g/mol. The fourth-order valence-corrected chi connectivity index (χ4v) is 6.47. The van der Waals surface area contributed by atoms with Crippen molar-refractivity contribution in [1.82, 2.24) is 14.8 Å². The number of methoxy groups -OCH3 is 2. The molecule has 4 aromatic rings. The Hall–Kier alpha value is -3.92. The lowest BCUT2D eigenvalue weighted by Crippen LogP contribution is -2.15. The van der Waals surface area contributed by atoms with Crippen molar-refractivity contribution in [3.05, 3.63) is 65.4 Å². The molecule has 10 heteroatoms. The molecule has 9 nitrogen and oxygen atoms in total. The van der Waals surface area contributed by atoms with E-state index < -0.39 is 9.84 Å². The van der Waals surface area contributed by atoms with Crippen LogP contribution in [0.1, 0.15) is 34.1 Å². The van der Waals surface area contributed by atoms with Gasteiger partial charge in [-0.25, -0.2) is 18.1 Å². The van der Waals surface area contributed by atoms with Gasteiger partial charge in [-0.15, -0.1) is 0 Å². The summed E-state index contributed by atoms with van der Waals surface area (Å²) in [6.45, 7) is 3.77. The normalized spacial score (nSPS) is 16.6. The number of rotatable bonds is 6. The minimum Gasteiger partial charge on any atom is -0.493 e. The maximum atomic E-state index is 13.6. The fraction of sp³-hybridized carbons (Fsp3) is 0.296. The molecule has 5 rings (SSSR count). The number of ether oxygens (including phenoxy) is 2. The number of hydrogen-bond acceptors (Lipinski definition) is 7. The van der Waals surface area contributed by atoms with Crippen LogP contribution in [0.5, 0.6) is 11.5 Å². The number of pyridine rings is 1. The Morgan fingerprint density at radius 3 is 2.51 bits per heavy atom. The fourth-order valence-electron chi connectivity index (χ4n) is 4.78. The first-order chi connectivity index (χ1) is 17.7. The van der Waals surface area contributed by atoms with Crippen LogP contribution >= 0.6 is 0 Å². The molecular weight excluding hydrogens is 492 g/mol. The molecule has 1 atom stereocenters. The van der Waals surface area contributed by atoms with E-state index in [0.29, 0.717) is 57.2 Å². The minimum absolute atomic E-state index is 0.00366. The van der Waals surface area contributed by atoms with E-state index in [1.807, 2.05) is 44.2 Å². The van der Waals surface area contributed by atoms with Crippen LogP contribution in [-0.4, -0.2) is 54.8 Å². The summed E-state index contributed by atoms with van der Waals surface area (Å²) in [5.74, 6) is 0.896. The molecule has 2 aromatic heterocycles. The zero-order valence-corrected chi connectivity index (χ0v) is 21.9. The first-order valence-corrected chi connectivity index (χ1v) is 13.7. The maximum absolute atomic E-state index is 13.6. The molecule has 3 heterocycles. The quantitative estimate of drug-likeness (QED) is 0.402. The Kier molecular flexibility index (Phi) is 6.36. The van der Waals surface area contributed by atoms with Gasteiger partial charge in [0.05, 0.1) is 54.1 Å². The van der Waals surface area contributed by atoms with Gasteiger partial charge >= 0.3 is 0 Å². The summed E-state index contributed by atoms with van der Waals surface area (Å²) in [7, 11) is -0.0360. The van der Waals surface area contributed by atoms with Crippen LogP contribution in [0.2, 0.25) is 0 Å². The lowest BCUT2D eigenvalue weighted by molar-refractivity contribution is 0.102. The lowest BCUT2D eigenvalue weighted by atomic mass is 10.0. The molecule has 0 aliphatic carbocycles. The SMILES string of the molecule is COc1ccc(-c2cc(C(=O)Nc3cccc(C)c3)c3c(C)nn(C4CCS(=O)(=O)C4)c3n2)cc1OC. The Balaban J connectivity index is 1.69. The molecule has 192 valence electrons. The molecule has 0 saturated carbocycles. The number of sulfone groups is 1. The van der Waals surface area contributed by atoms with Gasteiger partial charge in [0.1, 0.15) is 0 Å². The number of carbonyl (C=O) groups is 1. The van der Waals surface area contributed by atoms with E-state index in [2.05, 4.69) is 10.4 Å². The van der Waals surface area contributed by atoms with E-state index >= 15 is 0 Å². The van der Waals surface area contributed by atoms with E-state index in [0.717, 1.165) is 5.56 Å². The maximum Gasteiger partial charge on any atom is 0.256 e. The van der Waals surface area contributed by atoms with Gasteiger partial charge in [-0.05, 0) is 62.2 Å². The van der Waals surface area contributed by atoms with Crippen LogP contribution in [0, 0.1) is 13.8 Å². The highest BCUT2D eigenvalue weighted by Crippen LogP contribution is 2.35. The third-order valence-corrected chi connectivity index (χ3v) is 8.34. The van der Waals surface area contributed by atoms with Crippen molar-refractivity contribution < 1.29 is 22.7 Å². The molecule has 1 aliphatic heterocycles. The molecule has 0 radical (unpaired) electrons. The van der Waals surface area contributed by atoms with Gasteiger partial charge in [0, 0.05) is 11.3 Å². The van der Waals surface area contributed by atoms with Gasteiger partial charge < -0.3 is 14.8 Å². The average molecular weight is 521 g/mol. The van der Waals surface area contributed by atoms with Crippen molar-refractivity contribution in [2.45, 2.75) is 26.3 Å². The highest BCUT2D eigenvalue weighted by Gasteiger charge is 2.32.